The number of aliphatic hydroxyl groups excluding tert-OH is 1. The van der Waals surface area contributed by atoms with Gasteiger partial charge in [-0.2, -0.15) is 4.98 Å². The molecular weight excluding hydrogens is 660 g/mol. The van der Waals surface area contributed by atoms with Crippen molar-refractivity contribution in [1.82, 2.24) is 14.8 Å². The van der Waals surface area contributed by atoms with E-state index in [4.69, 9.17) is 18.6 Å². The fourth-order valence-corrected chi connectivity index (χ4v) is 8.54. The van der Waals surface area contributed by atoms with Gasteiger partial charge in [-0.1, -0.05) is 60.7 Å². The lowest BCUT2D eigenvalue weighted by Gasteiger charge is -2.31. The van der Waals surface area contributed by atoms with Crippen molar-refractivity contribution in [2.75, 3.05) is 25.1 Å². The Morgan fingerprint density at radius 1 is 1.00 bits per heavy atom. The van der Waals surface area contributed by atoms with Crippen LogP contribution in [0, 0.1) is 23.7 Å². The Morgan fingerprint density at radius 2 is 1.72 bits per heavy atom. The second-order valence-electron chi connectivity index (χ2n) is 13.9. The van der Waals surface area contributed by atoms with Gasteiger partial charge in [-0.3, -0.25) is 4.79 Å². The number of hydrazine groups is 1. The van der Waals surface area contributed by atoms with Gasteiger partial charge in [-0.25, -0.2) is 13.4 Å². The molecule has 3 aromatic carbocycles. The average Bonchev–Trinajstić information content (AvgIpc) is 3.76. The second kappa shape index (κ2) is 14.8. The Morgan fingerprint density at radius 3 is 2.46 bits per heavy atom. The second-order valence-corrected chi connectivity index (χ2v) is 15.6. The van der Waals surface area contributed by atoms with E-state index in [9.17, 15) is 18.3 Å². The summed E-state index contributed by atoms with van der Waals surface area (Å²) in [7, 11) is -4.12. The number of oxazole rings is 1. The molecule has 3 fully saturated rings. The number of benzene rings is 3. The van der Waals surface area contributed by atoms with Gasteiger partial charge in [0.15, 0.2) is 11.9 Å². The van der Waals surface area contributed by atoms with Crippen LogP contribution in [0.2, 0.25) is 0 Å². The quantitative estimate of drug-likeness (QED) is 0.118. The Kier molecular flexibility index (Phi) is 10.2. The third-order valence-electron chi connectivity index (χ3n) is 9.82. The maximum atomic E-state index is 13.8. The van der Waals surface area contributed by atoms with Crippen LogP contribution in [0.3, 0.4) is 0 Å². The van der Waals surface area contributed by atoms with Crippen molar-refractivity contribution in [3.05, 3.63) is 90.0 Å². The molecule has 3 aliphatic rings. The van der Waals surface area contributed by atoms with E-state index in [1.807, 2.05) is 74.5 Å². The topological polar surface area (TPSA) is 152 Å². The maximum Gasteiger partial charge on any atom is 0.306 e. The standard InChI is InChI=1S/C37H44N4O8S/c1-23(2)38-37-39-31-18-28(13-14-33(31)48-37)50(44,45)40-41(19-25-11-7-4-8-12-25)20-32(42)26(15-24-9-5-3-6-10-24)17-34(43)49-35-27-16-29-30(35)22-47-36(29)46-21-27/h3-14,18,23,26-27,29-30,32,35-36,40,42H,15-17,19-22H2,1-2H3,(H,38,39)/t26-,27-,29?,30?,32-,35?,36?/m1/s1. The number of carbonyl (C=O) groups excluding carboxylic acids is 1. The zero-order valence-corrected chi connectivity index (χ0v) is 29.0. The SMILES string of the molecule is CC(C)Nc1nc2cc(S(=O)(=O)NN(Cc3ccccc3)C[C@@H](O)[C@@H](CC(=O)OC3C4COC5OC[C@H]3CC54)Cc3ccccc3)ccc2o1. The number of nitrogens with one attached hydrogen (secondary N) is 2. The molecule has 4 aromatic rings. The number of nitrogens with zero attached hydrogens (tertiary/aromatic N) is 2. The number of aromatic nitrogens is 1. The van der Waals surface area contributed by atoms with Gasteiger partial charge in [0.05, 0.1) is 30.6 Å². The van der Waals surface area contributed by atoms with Crippen LogP contribution < -0.4 is 10.1 Å². The molecule has 2 bridgehead atoms. The fraction of sp³-hybridized carbons (Fsp3) is 0.459. The molecule has 0 amide bonds. The maximum absolute atomic E-state index is 13.8. The number of aliphatic hydroxyl groups is 1. The number of hydrogen-bond donors (Lipinski definition) is 3. The van der Waals surface area contributed by atoms with Crippen LogP contribution in [0.1, 0.15) is 37.8 Å². The summed E-state index contributed by atoms with van der Waals surface area (Å²) in [4.78, 5) is 20.7. The third kappa shape index (κ3) is 7.88. The number of hydrogen-bond acceptors (Lipinski definition) is 11. The summed E-state index contributed by atoms with van der Waals surface area (Å²) in [6, 6.07) is 23.9. The van der Waals surface area contributed by atoms with Crippen molar-refractivity contribution in [1.29, 1.82) is 0 Å². The van der Waals surface area contributed by atoms with E-state index in [1.165, 1.54) is 17.1 Å². The van der Waals surface area contributed by atoms with E-state index < -0.39 is 28.0 Å². The van der Waals surface area contributed by atoms with E-state index in [-0.39, 0.29) is 60.6 Å². The summed E-state index contributed by atoms with van der Waals surface area (Å²) < 4.78 is 51.1. The molecular formula is C37H44N4O8S. The van der Waals surface area contributed by atoms with E-state index in [0.29, 0.717) is 36.7 Å². The minimum Gasteiger partial charge on any atom is -0.462 e. The lowest BCUT2D eigenvalue weighted by molar-refractivity contribution is -0.178. The molecule has 1 saturated carbocycles. The molecule has 0 radical (unpaired) electrons. The molecule has 1 aliphatic carbocycles. The zero-order chi connectivity index (χ0) is 34.8. The van der Waals surface area contributed by atoms with Gasteiger partial charge in [0.1, 0.15) is 11.6 Å². The first-order valence-electron chi connectivity index (χ1n) is 17.2. The van der Waals surface area contributed by atoms with Crippen molar-refractivity contribution in [3.8, 4) is 0 Å². The first kappa shape index (κ1) is 34.6. The first-order chi connectivity index (χ1) is 24.1. The van der Waals surface area contributed by atoms with Crippen LogP contribution in [0.15, 0.2) is 88.2 Å². The number of ether oxygens (including phenoxy) is 3. The molecule has 7 rings (SSSR count). The average molecular weight is 705 g/mol. The van der Waals surface area contributed by atoms with Gasteiger partial charge in [-0.05, 0) is 56.0 Å². The van der Waals surface area contributed by atoms with E-state index in [0.717, 1.165) is 17.5 Å². The lowest BCUT2D eigenvalue weighted by Crippen LogP contribution is -2.47. The molecule has 50 heavy (non-hydrogen) atoms. The van der Waals surface area contributed by atoms with Crippen molar-refractivity contribution in [3.63, 3.8) is 0 Å². The predicted octanol–water partition coefficient (Wildman–Crippen LogP) is 4.50. The predicted molar refractivity (Wildman–Crippen MR) is 185 cm³/mol. The number of sulfonamides is 1. The molecule has 4 unspecified atom stereocenters. The summed E-state index contributed by atoms with van der Waals surface area (Å²) in [6.45, 7) is 4.99. The van der Waals surface area contributed by atoms with Crippen LogP contribution in [0.25, 0.3) is 11.1 Å². The summed E-state index contributed by atoms with van der Waals surface area (Å²) in [5.41, 5.74) is 2.63. The summed E-state index contributed by atoms with van der Waals surface area (Å²) in [5, 5.41) is 16.4. The Bertz CT molecular complexity index is 1870. The van der Waals surface area contributed by atoms with Crippen molar-refractivity contribution < 1.29 is 36.9 Å². The van der Waals surface area contributed by atoms with Crippen molar-refractivity contribution in [2.45, 2.75) is 69.1 Å². The van der Waals surface area contributed by atoms with Gasteiger partial charge < -0.3 is 29.1 Å². The number of carbonyl (C=O) groups is 1. The highest BCUT2D eigenvalue weighted by Gasteiger charge is 2.56. The Labute approximate surface area is 292 Å². The molecule has 2 aliphatic heterocycles. The van der Waals surface area contributed by atoms with Crippen molar-refractivity contribution in [2.24, 2.45) is 23.7 Å². The van der Waals surface area contributed by atoms with Crippen LogP contribution in [0.5, 0.6) is 0 Å². The molecule has 266 valence electrons. The van der Waals surface area contributed by atoms with Gasteiger partial charge in [0, 0.05) is 42.8 Å². The molecule has 3 heterocycles. The molecule has 1 aromatic heterocycles. The number of rotatable bonds is 15. The molecule has 12 nitrogen and oxygen atoms in total. The molecule has 13 heteroatoms. The van der Waals surface area contributed by atoms with E-state index in [2.05, 4.69) is 15.1 Å². The monoisotopic (exact) mass is 704 g/mol. The van der Waals surface area contributed by atoms with Gasteiger partial charge >= 0.3 is 5.97 Å². The van der Waals surface area contributed by atoms with Crippen molar-refractivity contribution >= 4 is 33.1 Å². The van der Waals surface area contributed by atoms with E-state index in [1.54, 1.807) is 6.07 Å². The fourth-order valence-electron chi connectivity index (χ4n) is 7.44. The minimum atomic E-state index is -4.12. The highest BCUT2D eigenvalue weighted by molar-refractivity contribution is 7.89. The highest BCUT2D eigenvalue weighted by atomic mass is 32.2. The first-order valence-corrected chi connectivity index (χ1v) is 18.7. The smallest absolute Gasteiger partial charge is 0.306 e. The normalized spacial score (nSPS) is 24.1. The number of fused-ring (bicyclic) bond motifs is 2. The van der Waals surface area contributed by atoms with Crippen LogP contribution >= 0.6 is 0 Å². The summed E-state index contributed by atoms with van der Waals surface area (Å²) >= 11 is 0. The minimum absolute atomic E-state index is 0.00440. The molecule has 2 saturated heterocycles. The molecule has 0 spiro atoms. The van der Waals surface area contributed by atoms with Gasteiger partial charge in [0.25, 0.3) is 16.0 Å². The Balaban J connectivity index is 1.10. The number of esters is 1. The number of anilines is 1. The van der Waals surface area contributed by atoms with E-state index >= 15 is 0 Å². The van der Waals surface area contributed by atoms with Crippen LogP contribution in [0.4, 0.5) is 6.01 Å². The summed E-state index contributed by atoms with van der Waals surface area (Å²) in [6.07, 6.45) is -0.324. The molecule has 7 atom stereocenters. The molecule has 3 N–H and O–H groups in total. The highest BCUT2D eigenvalue weighted by Crippen LogP contribution is 2.49. The third-order valence-corrected chi connectivity index (χ3v) is 11.2. The van der Waals surface area contributed by atoms with Gasteiger partial charge in [-0.15, -0.1) is 4.83 Å². The summed E-state index contributed by atoms with van der Waals surface area (Å²) in [5.74, 6) is -0.472. The van der Waals surface area contributed by atoms with Gasteiger partial charge in [0.2, 0.25) is 0 Å². The van der Waals surface area contributed by atoms with Crippen LogP contribution in [-0.2, 0) is 42.0 Å². The largest absolute Gasteiger partial charge is 0.462 e. The lowest BCUT2D eigenvalue weighted by atomic mass is 9.90. The van der Waals surface area contributed by atoms with Crippen LogP contribution in [-0.4, -0.2) is 73.8 Å². The zero-order valence-electron chi connectivity index (χ0n) is 28.2. The Hall–Kier alpha value is -3.85.